The number of rotatable bonds is 2. The Kier molecular flexibility index (Phi) is 3.94. The van der Waals surface area contributed by atoms with Crippen molar-refractivity contribution in [2.75, 3.05) is 0 Å². The van der Waals surface area contributed by atoms with Crippen molar-refractivity contribution in [1.29, 1.82) is 0 Å². The van der Waals surface area contributed by atoms with Crippen LogP contribution >= 0.6 is 0 Å². The summed E-state index contributed by atoms with van der Waals surface area (Å²) < 4.78 is 0. The molecule has 98 valence electrons. The van der Waals surface area contributed by atoms with E-state index in [1.54, 1.807) is 5.57 Å². The van der Waals surface area contributed by atoms with Crippen LogP contribution in [0.1, 0.15) is 58.4 Å². The third kappa shape index (κ3) is 3.04. The predicted octanol–water partition coefficient (Wildman–Crippen LogP) is 5.56. The van der Waals surface area contributed by atoms with Crippen LogP contribution in [-0.2, 0) is 0 Å². The Hall–Kier alpha value is -1.04. The molecule has 1 aromatic rings. The van der Waals surface area contributed by atoms with Crippen molar-refractivity contribution in [3.63, 3.8) is 0 Å². The molecule has 0 spiro atoms. The van der Waals surface area contributed by atoms with E-state index in [1.165, 1.54) is 24.8 Å². The van der Waals surface area contributed by atoms with E-state index in [0.29, 0.717) is 11.3 Å². The molecule has 1 aromatic carbocycles. The van der Waals surface area contributed by atoms with Crippen LogP contribution in [0, 0.1) is 11.3 Å². The number of hydrogen-bond donors (Lipinski definition) is 0. The van der Waals surface area contributed by atoms with Gasteiger partial charge in [0.05, 0.1) is 0 Å². The molecule has 0 radical (unpaired) electrons. The first-order valence-electron chi connectivity index (χ1n) is 7.22. The fraction of sp³-hybridized carbons (Fsp3) is 0.556. The highest BCUT2D eigenvalue weighted by molar-refractivity contribution is 5.29. The van der Waals surface area contributed by atoms with Crippen molar-refractivity contribution >= 4 is 0 Å². The predicted molar refractivity (Wildman–Crippen MR) is 79.7 cm³/mol. The van der Waals surface area contributed by atoms with Gasteiger partial charge in [-0.15, -0.1) is 0 Å². The number of allylic oxidation sites excluding steroid dienone is 2. The quantitative estimate of drug-likeness (QED) is 0.595. The molecular formula is C18H26. The largest absolute Gasteiger partial charge is 0.0844 e. The summed E-state index contributed by atoms with van der Waals surface area (Å²) in [6.07, 6.45) is 6.40. The van der Waals surface area contributed by atoms with E-state index in [1.807, 2.05) is 0 Å². The second-order valence-electron chi connectivity index (χ2n) is 6.75. The Morgan fingerprint density at radius 3 is 2.28 bits per heavy atom. The van der Waals surface area contributed by atoms with Gasteiger partial charge in [0.1, 0.15) is 0 Å². The molecule has 0 fully saturated rings. The fourth-order valence-corrected chi connectivity index (χ4v) is 2.99. The van der Waals surface area contributed by atoms with Gasteiger partial charge in [-0.2, -0.15) is 0 Å². The lowest BCUT2D eigenvalue weighted by atomic mass is 9.71. The Labute approximate surface area is 112 Å². The van der Waals surface area contributed by atoms with E-state index >= 15 is 0 Å². The zero-order chi connectivity index (χ0) is 13.2. The van der Waals surface area contributed by atoms with Gasteiger partial charge in [0.25, 0.3) is 0 Å². The average Bonchev–Trinajstić information content (AvgIpc) is 2.38. The van der Waals surface area contributed by atoms with Gasteiger partial charge in [0, 0.05) is 5.92 Å². The Balaban J connectivity index is 2.06. The van der Waals surface area contributed by atoms with Gasteiger partial charge >= 0.3 is 0 Å². The van der Waals surface area contributed by atoms with E-state index in [4.69, 9.17) is 0 Å². The van der Waals surface area contributed by atoms with Gasteiger partial charge in [0.2, 0.25) is 0 Å². The molecule has 2 rings (SSSR count). The summed E-state index contributed by atoms with van der Waals surface area (Å²) in [6.45, 7) is 9.46. The van der Waals surface area contributed by atoms with Crippen molar-refractivity contribution < 1.29 is 0 Å². The lowest BCUT2D eigenvalue weighted by Gasteiger charge is -2.34. The van der Waals surface area contributed by atoms with Gasteiger partial charge < -0.3 is 0 Å². The molecule has 0 N–H and O–H groups in total. The van der Waals surface area contributed by atoms with Gasteiger partial charge in [0.15, 0.2) is 0 Å². The standard InChI is InChI=1S/C18H26/c1-14(15-8-6-5-7-9-15)16-10-12-17(13-11-16)18(2,3)4/h5-10,14,17H,11-13H2,1-4H3. The Bertz CT molecular complexity index is 405. The SMILES string of the molecule is CC(C1=CCC(C(C)(C)C)CC1)c1ccccc1. The second-order valence-corrected chi connectivity index (χ2v) is 6.75. The zero-order valence-corrected chi connectivity index (χ0v) is 12.2. The van der Waals surface area contributed by atoms with Crippen molar-refractivity contribution in [2.24, 2.45) is 11.3 Å². The molecule has 0 aliphatic heterocycles. The van der Waals surface area contributed by atoms with Crippen LogP contribution in [0.15, 0.2) is 42.0 Å². The van der Waals surface area contributed by atoms with Crippen LogP contribution in [0.5, 0.6) is 0 Å². The van der Waals surface area contributed by atoms with E-state index in [2.05, 4.69) is 64.1 Å². The molecule has 0 nitrogen and oxygen atoms in total. The summed E-state index contributed by atoms with van der Waals surface area (Å²) in [5, 5.41) is 0. The second kappa shape index (κ2) is 5.30. The van der Waals surface area contributed by atoms with Gasteiger partial charge in [-0.1, -0.05) is 69.7 Å². The first-order chi connectivity index (χ1) is 8.48. The number of benzene rings is 1. The normalized spacial score (nSPS) is 22.4. The van der Waals surface area contributed by atoms with Crippen LogP contribution < -0.4 is 0 Å². The Morgan fingerprint density at radius 1 is 1.11 bits per heavy atom. The van der Waals surface area contributed by atoms with Gasteiger partial charge in [-0.05, 0) is 36.2 Å². The molecule has 0 amide bonds. The summed E-state index contributed by atoms with van der Waals surface area (Å²) in [7, 11) is 0. The molecule has 2 unspecified atom stereocenters. The minimum atomic E-state index is 0.456. The molecule has 0 aromatic heterocycles. The molecule has 0 heterocycles. The summed E-state index contributed by atoms with van der Waals surface area (Å²) in [5.41, 5.74) is 3.55. The summed E-state index contributed by atoms with van der Waals surface area (Å²) in [5.74, 6) is 1.44. The van der Waals surface area contributed by atoms with Gasteiger partial charge in [-0.25, -0.2) is 0 Å². The van der Waals surface area contributed by atoms with Crippen LogP contribution in [0.25, 0.3) is 0 Å². The molecule has 0 saturated carbocycles. The summed E-state index contributed by atoms with van der Waals surface area (Å²) in [6, 6.07) is 10.9. The summed E-state index contributed by atoms with van der Waals surface area (Å²) >= 11 is 0. The van der Waals surface area contributed by atoms with Gasteiger partial charge in [-0.3, -0.25) is 0 Å². The first kappa shape index (κ1) is 13.4. The van der Waals surface area contributed by atoms with E-state index in [0.717, 1.165) is 5.92 Å². The monoisotopic (exact) mass is 242 g/mol. The maximum atomic E-state index is 2.51. The van der Waals surface area contributed by atoms with Crippen LogP contribution in [0.3, 0.4) is 0 Å². The van der Waals surface area contributed by atoms with Crippen molar-refractivity contribution in [3.8, 4) is 0 Å². The average molecular weight is 242 g/mol. The van der Waals surface area contributed by atoms with Crippen molar-refractivity contribution in [1.82, 2.24) is 0 Å². The molecule has 18 heavy (non-hydrogen) atoms. The minimum Gasteiger partial charge on any atom is -0.0844 e. The lowest BCUT2D eigenvalue weighted by molar-refractivity contribution is 0.219. The zero-order valence-electron chi connectivity index (χ0n) is 12.2. The molecule has 0 heteroatoms. The Morgan fingerprint density at radius 2 is 1.78 bits per heavy atom. The maximum absolute atomic E-state index is 2.51. The van der Waals surface area contributed by atoms with Crippen LogP contribution in [-0.4, -0.2) is 0 Å². The van der Waals surface area contributed by atoms with E-state index < -0.39 is 0 Å². The van der Waals surface area contributed by atoms with Crippen LogP contribution in [0.2, 0.25) is 0 Å². The molecule has 0 bridgehead atoms. The maximum Gasteiger partial charge on any atom is 0.00198 e. The highest BCUT2D eigenvalue weighted by atomic mass is 14.3. The van der Waals surface area contributed by atoms with Crippen molar-refractivity contribution in [2.45, 2.75) is 52.9 Å². The van der Waals surface area contributed by atoms with Crippen LogP contribution in [0.4, 0.5) is 0 Å². The minimum absolute atomic E-state index is 0.456. The highest BCUT2D eigenvalue weighted by Crippen LogP contribution is 2.40. The van der Waals surface area contributed by atoms with E-state index in [-0.39, 0.29) is 0 Å². The third-order valence-corrected chi connectivity index (χ3v) is 4.53. The topological polar surface area (TPSA) is 0 Å². The molecule has 1 aliphatic carbocycles. The van der Waals surface area contributed by atoms with E-state index in [9.17, 15) is 0 Å². The number of hydrogen-bond acceptors (Lipinski definition) is 0. The highest BCUT2D eigenvalue weighted by Gasteiger charge is 2.27. The fourth-order valence-electron chi connectivity index (χ4n) is 2.99. The third-order valence-electron chi connectivity index (χ3n) is 4.53. The lowest BCUT2D eigenvalue weighted by Crippen LogP contribution is -2.22. The smallest absolute Gasteiger partial charge is 0.00198 e. The first-order valence-corrected chi connectivity index (χ1v) is 7.22. The molecule has 1 aliphatic rings. The molecule has 0 saturated heterocycles. The molecule has 2 atom stereocenters. The molecular weight excluding hydrogens is 216 g/mol. The summed E-state index contributed by atoms with van der Waals surface area (Å²) in [4.78, 5) is 0. The van der Waals surface area contributed by atoms with Crippen molar-refractivity contribution in [3.05, 3.63) is 47.5 Å².